The maximum atomic E-state index is 14.0. The molecule has 11 atom stereocenters. The summed E-state index contributed by atoms with van der Waals surface area (Å²) in [6.45, 7) is 22.7. The van der Waals surface area contributed by atoms with Crippen molar-refractivity contribution in [1.29, 1.82) is 0 Å². The first kappa shape index (κ1) is 36.7. The van der Waals surface area contributed by atoms with E-state index >= 15 is 0 Å². The van der Waals surface area contributed by atoms with Crippen LogP contribution >= 0.6 is 0 Å². The van der Waals surface area contributed by atoms with E-state index in [2.05, 4.69) is 48.1 Å². The molecule has 0 amide bonds. The van der Waals surface area contributed by atoms with Crippen LogP contribution in [-0.4, -0.2) is 63.0 Å². The average Bonchev–Trinajstić information content (AvgIpc) is 3.60. The minimum atomic E-state index is -0.666. The third-order valence-corrected chi connectivity index (χ3v) is 15.7. The molecule has 0 aromatic carbocycles. The fraction of sp³-hybridized carbons (Fsp3) is 0.875. The van der Waals surface area contributed by atoms with E-state index in [4.69, 9.17) is 28.4 Å². The molecule has 276 valence electrons. The zero-order valence-electron chi connectivity index (χ0n) is 31.6. The molecule has 6 fully saturated rings. The summed E-state index contributed by atoms with van der Waals surface area (Å²) in [6, 6.07) is 0. The second-order valence-corrected chi connectivity index (χ2v) is 18.5. The van der Waals surface area contributed by atoms with E-state index in [1.807, 2.05) is 13.8 Å². The van der Waals surface area contributed by atoms with Gasteiger partial charge in [0.15, 0.2) is 12.4 Å². The van der Waals surface area contributed by atoms with E-state index < -0.39 is 23.3 Å². The standard InChI is InChI=1S/C40H62O9/c1-24(2)26-13-18-40(33(42)45-23-31(41)44-10)20-19-38(8)27(32(26)40)11-12-29-37(7)16-15-30(35(3,4)28(37)14-17-39(29,38)9)48-34(43)46-21-25-22-47-36(5,6)49-25/h25-30,32H,1,11-23H2,2-10H3/t25?,26?,27?,28?,29?,30?,32?,37?,38?,39?,40-/m0/s1. The van der Waals surface area contributed by atoms with Crippen molar-refractivity contribution in [2.24, 2.45) is 56.7 Å². The first-order valence-electron chi connectivity index (χ1n) is 18.9. The molecule has 9 heteroatoms. The lowest BCUT2D eigenvalue weighted by molar-refractivity contribution is -0.249. The van der Waals surface area contributed by atoms with Gasteiger partial charge in [-0.1, -0.05) is 46.8 Å². The van der Waals surface area contributed by atoms with E-state index in [0.29, 0.717) is 24.4 Å². The highest BCUT2D eigenvalue weighted by atomic mass is 16.8. The summed E-state index contributed by atoms with van der Waals surface area (Å²) in [5.74, 6) is 0.335. The van der Waals surface area contributed by atoms with Crippen molar-refractivity contribution >= 4 is 18.1 Å². The number of hydrogen-bond donors (Lipinski definition) is 0. The van der Waals surface area contributed by atoms with E-state index in [1.165, 1.54) is 7.11 Å². The van der Waals surface area contributed by atoms with E-state index in [0.717, 1.165) is 69.8 Å². The van der Waals surface area contributed by atoms with Crippen LogP contribution in [0.4, 0.5) is 4.79 Å². The molecule has 6 aliphatic rings. The molecule has 5 aliphatic carbocycles. The van der Waals surface area contributed by atoms with Gasteiger partial charge < -0.3 is 28.4 Å². The predicted octanol–water partition coefficient (Wildman–Crippen LogP) is 8.03. The highest BCUT2D eigenvalue weighted by Gasteiger charge is 2.72. The first-order chi connectivity index (χ1) is 22.8. The lowest BCUT2D eigenvalue weighted by atomic mass is 9.32. The van der Waals surface area contributed by atoms with Gasteiger partial charge in [0.2, 0.25) is 0 Å². The molecule has 0 radical (unpaired) electrons. The maximum absolute atomic E-state index is 14.0. The Labute approximate surface area is 293 Å². The largest absolute Gasteiger partial charge is 0.508 e. The zero-order valence-corrected chi connectivity index (χ0v) is 31.6. The molecule has 0 spiro atoms. The fourth-order valence-electron chi connectivity index (χ4n) is 13.2. The van der Waals surface area contributed by atoms with Crippen LogP contribution in [0.3, 0.4) is 0 Å². The molecule has 10 unspecified atom stereocenters. The Morgan fingerprint density at radius 1 is 0.816 bits per heavy atom. The number of esters is 2. The van der Waals surface area contributed by atoms with Gasteiger partial charge in [-0.15, -0.1) is 0 Å². The van der Waals surface area contributed by atoms with Gasteiger partial charge in [-0.05, 0) is 131 Å². The summed E-state index contributed by atoms with van der Waals surface area (Å²) >= 11 is 0. The van der Waals surface area contributed by atoms with Gasteiger partial charge in [0.05, 0.1) is 19.1 Å². The molecular formula is C40H62O9. The van der Waals surface area contributed by atoms with Crippen LogP contribution in [-0.2, 0) is 38.0 Å². The smallest absolute Gasteiger partial charge is 0.466 e. The molecule has 0 N–H and O–H groups in total. The number of carbonyl (C=O) groups is 3. The quantitative estimate of drug-likeness (QED) is 0.149. The van der Waals surface area contributed by atoms with Gasteiger partial charge in [-0.2, -0.15) is 0 Å². The van der Waals surface area contributed by atoms with Crippen LogP contribution in [0.2, 0.25) is 0 Å². The Kier molecular flexibility index (Phi) is 9.37. The van der Waals surface area contributed by atoms with Crippen molar-refractivity contribution in [3.05, 3.63) is 12.2 Å². The van der Waals surface area contributed by atoms with Gasteiger partial charge in [0.25, 0.3) is 0 Å². The lowest BCUT2D eigenvalue weighted by Gasteiger charge is -2.72. The highest BCUT2D eigenvalue weighted by molar-refractivity contribution is 5.81. The monoisotopic (exact) mass is 686 g/mol. The molecule has 9 nitrogen and oxygen atoms in total. The summed E-state index contributed by atoms with van der Waals surface area (Å²) in [7, 11) is 1.32. The first-order valence-corrected chi connectivity index (χ1v) is 18.9. The van der Waals surface area contributed by atoms with Gasteiger partial charge in [0.1, 0.15) is 18.8 Å². The Hall–Kier alpha value is -2.13. The van der Waals surface area contributed by atoms with Gasteiger partial charge in [-0.3, -0.25) is 4.79 Å². The topological polar surface area (TPSA) is 107 Å². The lowest BCUT2D eigenvalue weighted by Crippen LogP contribution is -2.67. The van der Waals surface area contributed by atoms with Crippen LogP contribution in [0.15, 0.2) is 12.2 Å². The number of carbonyl (C=O) groups excluding carboxylic acids is 3. The third-order valence-electron chi connectivity index (χ3n) is 15.7. The molecular weight excluding hydrogens is 624 g/mol. The predicted molar refractivity (Wildman–Crippen MR) is 183 cm³/mol. The second-order valence-electron chi connectivity index (χ2n) is 18.5. The van der Waals surface area contributed by atoms with E-state index in [1.54, 1.807) is 0 Å². The molecule has 1 saturated heterocycles. The Balaban J connectivity index is 1.20. The molecule has 0 bridgehead atoms. The fourth-order valence-corrected chi connectivity index (χ4v) is 13.2. The van der Waals surface area contributed by atoms with Crippen molar-refractivity contribution in [3.8, 4) is 0 Å². The number of allylic oxidation sites excluding steroid dienone is 1. The number of methoxy groups -OCH3 is 1. The number of rotatable bonds is 7. The highest BCUT2D eigenvalue weighted by Crippen LogP contribution is 2.77. The zero-order chi connectivity index (χ0) is 35.8. The van der Waals surface area contributed by atoms with Crippen LogP contribution in [0, 0.1) is 56.7 Å². The van der Waals surface area contributed by atoms with Crippen LogP contribution in [0.1, 0.15) is 120 Å². The van der Waals surface area contributed by atoms with Crippen LogP contribution in [0.5, 0.6) is 0 Å². The Morgan fingerprint density at radius 2 is 1.55 bits per heavy atom. The second kappa shape index (κ2) is 12.5. The van der Waals surface area contributed by atoms with E-state index in [9.17, 15) is 14.4 Å². The number of ether oxygens (including phenoxy) is 6. The SMILES string of the molecule is C=C(C)C1CC[C@]2(C(=O)OCC(=O)OC)CCC3(C)C(CCC4C5(C)CCC(OC(=O)OCC6COC(C)(C)O6)C(C)(C)C5CCC43C)C12. The van der Waals surface area contributed by atoms with Crippen LogP contribution in [0.25, 0.3) is 0 Å². The minimum Gasteiger partial charge on any atom is -0.466 e. The van der Waals surface area contributed by atoms with Crippen LogP contribution < -0.4 is 0 Å². The molecule has 5 saturated carbocycles. The molecule has 0 aromatic rings. The van der Waals surface area contributed by atoms with Crippen molar-refractivity contribution in [2.75, 3.05) is 26.9 Å². The molecule has 6 rings (SSSR count). The molecule has 0 aromatic heterocycles. The minimum absolute atomic E-state index is 0.0562. The summed E-state index contributed by atoms with van der Waals surface area (Å²) in [4.78, 5) is 38.9. The van der Waals surface area contributed by atoms with Gasteiger partial charge in [-0.25, -0.2) is 9.59 Å². The Morgan fingerprint density at radius 3 is 2.20 bits per heavy atom. The van der Waals surface area contributed by atoms with Crippen molar-refractivity contribution in [2.45, 2.75) is 138 Å². The summed E-state index contributed by atoms with van der Waals surface area (Å²) in [6.07, 6.45) is 8.59. The average molecular weight is 687 g/mol. The van der Waals surface area contributed by atoms with Gasteiger partial charge >= 0.3 is 18.1 Å². The molecule has 1 aliphatic heterocycles. The summed E-state index contributed by atoms with van der Waals surface area (Å²) in [5, 5.41) is 0. The van der Waals surface area contributed by atoms with Crippen molar-refractivity contribution in [3.63, 3.8) is 0 Å². The summed E-state index contributed by atoms with van der Waals surface area (Å²) in [5.41, 5.74) is 0.636. The number of hydrogen-bond acceptors (Lipinski definition) is 9. The maximum Gasteiger partial charge on any atom is 0.508 e. The molecule has 1 heterocycles. The summed E-state index contributed by atoms with van der Waals surface area (Å²) < 4.78 is 33.5. The Bertz CT molecular complexity index is 1340. The van der Waals surface area contributed by atoms with Crippen molar-refractivity contribution in [1.82, 2.24) is 0 Å². The normalized spacial score (nSPS) is 44.7. The third kappa shape index (κ3) is 5.75. The van der Waals surface area contributed by atoms with E-state index in [-0.39, 0.29) is 64.9 Å². The number of fused-ring (bicyclic) bond motifs is 7. The van der Waals surface area contributed by atoms with Crippen molar-refractivity contribution < 1.29 is 42.8 Å². The van der Waals surface area contributed by atoms with Gasteiger partial charge in [0, 0.05) is 5.41 Å². The molecule has 49 heavy (non-hydrogen) atoms.